The maximum Gasteiger partial charge on any atom is 0.252 e. The largest absolute Gasteiger partial charge is 0.378 e. The zero-order chi connectivity index (χ0) is 15.4. The zero-order valence-corrected chi connectivity index (χ0v) is 14.3. The second-order valence-corrected chi connectivity index (χ2v) is 7.20. The summed E-state index contributed by atoms with van der Waals surface area (Å²) in [5.74, 6) is 0.858. The molecule has 1 N–H and O–H groups in total. The lowest BCUT2D eigenvalue weighted by atomic mass is 10.2. The van der Waals surface area contributed by atoms with Gasteiger partial charge in [0.05, 0.1) is 22.6 Å². The van der Waals surface area contributed by atoms with Crippen LogP contribution in [0.15, 0.2) is 33.6 Å². The van der Waals surface area contributed by atoms with Crippen LogP contribution in [0.25, 0.3) is 0 Å². The quantitative estimate of drug-likeness (QED) is 0.884. The summed E-state index contributed by atoms with van der Waals surface area (Å²) in [5, 5.41) is 4.80. The smallest absolute Gasteiger partial charge is 0.252 e. The molecule has 3 heterocycles. The van der Waals surface area contributed by atoms with Gasteiger partial charge in [0, 0.05) is 36.8 Å². The van der Waals surface area contributed by atoms with Crippen LogP contribution in [0.3, 0.4) is 0 Å². The van der Waals surface area contributed by atoms with E-state index in [0.29, 0.717) is 25.3 Å². The Morgan fingerprint density at radius 1 is 1.45 bits per heavy atom. The van der Waals surface area contributed by atoms with E-state index in [2.05, 4.69) is 31.1 Å². The third-order valence-electron chi connectivity index (χ3n) is 3.45. The molecule has 116 valence electrons. The second kappa shape index (κ2) is 7.21. The Bertz CT molecular complexity index is 656. The van der Waals surface area contributed by atoms with Crippen LogP contribution in [-0.2, 0) is 11.3 Å². The van der Waals surface area contributed by atoms with Crippen molar-refractivity contribution < 1.29 is 9.53 Å². The minimum Gasteiger partial charge on any atom is -0.378 e. The first-order chi connectivity index (χ1) is 10.7. The average molecular weight is 382 g/mol. The molecule has 7 heteroatoms. The third kappa shape index (κ3) is 3.66. The predicted octanol–water partition coefficient (Wildman–Crippen LogP) is 2.67. The molecule has 0 bridgehead atoms. The number of carbonyl (C=O) groups excluding carboxylic acids is 1. The molecule has 3 rings (SSSR count). The van der Waals surface area contributed by atoms with Gasteiger partial charge in [-0.15, -0.1) is 11.3 Å². The van der Waals surface area contributed by atoms with Crippen LogP contribution in [-0.4, -0.2) is 37.2 Å². The molecule has 0 saturated carbocycles. The van der Waals surface area contributed by atoms with Crippen molar-refractivity contribution in [1.82, 2.24) is 10.3 Å². The summed E-state index contributed by atoms with van der Waals surface area (Å²) in [6.07, 6.45) is 1.78. The Balaban J connectivity index is 1.68. The van der Waals surface area contributed by atoms with Crippen LogP contribution in [0, 0.1) is 0 Å². The highest BCUT2D eigenvalue weighted by Gasteiger charge is 2.16. The van der Waals surface area contributed by atoms with Crippen molar-refractivity contribution in [2.45, 2.75) is 6.54 Å². The Labute approximate surface area is 141 Å². The maximum absolute atomic E-state index is 12.1. The topological polar surface area (TPSA) is 54.5 Å². The summed E-state index contributed by atoms with van der Waals surface area (Å²) < 4.78 is 6.33. The molecule has 1 aliphatic rings. The monoisotopic (exact) mass is 381 g/mol. The number of halogens is 1. The van der Waals surface area contributed by atoms with Crippen molar-refractivity contribution in [3.63, 3.8) is 0 Å². The molecule has 1 fully saturated rings. The number of nitrogens with zero attached hydrogens (tertiary/aromatic N) is 2. The van der Waals surface area contributed by atoms with E-state index in [1.807, 2.05) is 23.6 Å². The van der Waals surface area contributed by atoms with Crippen LogP contribution < -0.4 is 10.2 Å². The molecule has 0 aromatic carbocycles. The number of thiophene rings is 1. The van der Waals surface area contributed by atoms with Gasteiger partial charge in [0.15, 0.2) is 0 Å². The molecule has 22 heavy (non-hydrogen) atoms. The van der Waals surface area contributed by atoms with E-state index < -0.39 is 0 Å². The highest BCUT2D eigenvalue weighted by molar-refractivity contribution is 9.11. The van der Waals surface area contributed by atoms with Crippen molar-refractivity contribution in [3.8, 4) is 0 Å². The number of anilines is 1. The van der Waals surface area contributed by atoms with Gasteiger partial charge < -0.3 is 15.0 Å². The molecule has 2 aromatic heterocycles. The standard InChI is InChI=1S/C15H16BrN3O2S/c16-13-8-12(10-22-13)15(20)18-9-11-2-1-3-17-14(11)19-4-6-21-7-5-19/h1-3,8,10H,4-7,9H2,(H,18,20). The van der Waals surface area contributed by atoms with Gasteiger partial charge in [-0.1, -0.05) is 6.07 Å². The van der Waals surface area contributed by atoms with Gasteiger partial charge in [0.2, 0.25) is 0 Å². The van der Waals surface area contributed by atoms with Crippen molar-refractivity contribution in [2.24, 2.45) is 0 Å². The Morgan fingerprint density at radius 2 is 2.27 bits per heavy atom. The molecule has 0 atom stereocenters. The highest BCUT2D eigenvalue weighted by Crippen LogP contribution is 2.21. The summed E-state index contributed by atoms with van der Waals surface area (Å²) in [6.45, 7) is 3.55. The molecular formula is C15H16BrN3O2S. The van der Waals surface area contributed by atoms with Gasteiger partial charge in [-0.2, -0.15) is 0 Å². The molecule has 5 nitrogen and oxygen atoms in total. The van der Waals surface area contributed by atoms with Crippen LogP contribution in [0.1, 0.15) is 15.9 Å². The van der Waals surface area contributed by atoms with E-state index in [0.717, 1.165) is 28.3 Å². The van der Waals surface area contributed by atoms with Crippen molar-refractivity contribution in [2.75, 3.05) is 31.2 Å². The Hall–Kier alpha value is -1.44. The molecule has 1 aliphatic heterocycles. The molecule has 0 aliphatic carbocycles. The van der Waals surface area contributed by atoms with Gasteiger partial charge >= 0.3 is 0 Å². The number of ether oxygens (including phenoxy) is 1. The predicted molar refractivity (Wildman–Crippen MR) is 90.5 cm³/mol. The fourth-order valence-corrected chi connectivity index (χ4v) is 3.47. The number of pyridine rings is 1. The molecule has 0 unspecified atom stereocenters. The fraction of sp³-hybridized carbons (Fsp3) is 0.333. The summed E-state index contributed by atoms with van der Waals surface area (Å²) in [5.41, 5.74) is 1.70. The Morgan fingerprint density at radius 3 is 3.00 bits per heavy atom. The first-order valence-electron chi connectivity index (χ1n) is 7.03. The number of rotatable bonds is 4. The van der Waals surface area contributed by atoms with Crippen LogP contribution >= 0.6 is 27.3 Å². The minimum absolute atomic E-state index is 0.0706. The summed E-state index contributed by atoms with van der Waals surface area (Å²) in [6, 6.07) is 5.72. The fourth-order valence-electron chi connectivity index (χ4n) is 2.33. The summed E-state index contributed by atoms with van der Waals surface area (Å²) in [7, 11) is 0. The van der Waals surface area contributed by atoms with Crippen LogP contribution in [0.4, 0.5) is 5.82 Å². The van der Waals surface area contributed by atoms with E-state index in [-0.39, 0.29) is 5.91 Å². The summed E-state index contributed by atoms with van der Waals surface area (Å²) >= 11 is 4.87. The van der Waals surface area contributed by atoms with E-state index >= 15 is 0 Å². The number of aromatic nitrogens is 1. The molecule has 1 amide bonds. The number of nitrogens with one attached hydrogen (secondary N) is 1. The number of carbonyl (C=O) groups is 1. The highest BCUT2D eigenvalue weighted by atomic mass is 79.9. The molecule has 1 saturated heterocycles. The molecule has 2 aromatic rings. The number of hydrogen-bond acceptors (Lipinski definition) is 5. The van der Waals surface area contributed by atoms with Gasteiger partial charge in [-0.25, -0.2) is 4.98 Å². The van der Waals surface area contributed by atoms with E-state index in [1.165, 1.54) is 11.3 Å². The maximum atomic E-state index is 12.1. The molecular weight excluding hydrogens is 366 g/mol. The lowest BCUT2D eigenvalue weighted by molar-refractivity contribution is 0.0951. The molecule has 0 radical (unpaired) electrons. The van der Waals surface area contributed by atoms with Crippen molar-refractivity contribution >= 4 is 39.0 Å². The van der Waals surface area contributed by atoms with E-state index in [1.54, 1.807) is 6.20 Å². The summed E-state index contributed by atoms with van der Waals surface area (Å²) in [4.78, 5) is 18.8. The first kappa shape index (κ1) is 15.5. The zero-order valence-electron chi connectivity index (χ0n) is 11.9. The number of amides is 1. The van der Waals surface area contributed by atoms with E-state index in [9.17, 15) is 4.79 Å². The number of hydrogen-bond donors (Lipinski definition) is 1. The average Bonchev–Trinajstić information content (AvgIpc) is 3.00. The Kier molecular flexibility index (Phi) is 5.07. The number of morpholine rings is 1. The minimum atomic E-state index is -0.0706. The van der Waals surface area contributed by atoms with Gasteiger partial charge in [-0.3, -0.25) is 4.79 Å². The lowest BCUT2D eigenvalue weighted by Gasteiger charge is -2.29. The van der Waals surface area contributed by atoms with Crippen molar-refractivity contribution in [3.05, 3.63) is 44.7 Å². The van der Waals surface area contributed by atoms with Gasteiger partial charge in [-0.05, 0) is 28.1 Å². The van der Waals surface area contributed by atoms with Crippen LogP contribution in [0.5, 0.6) is 0 Å². The normalized spacial score (nSPS) is 14.9. The van der Waals surface area contributed by atoms with Gasteiger partial charge in [0.1, 0.15) is 5.82 Å². The second-order valence-electron chi connectivity index (χ2n) is 4.91. The van der Waals surface area contributed by atoms with Crippen LogP contribution in [0.2, 0.25) is 0 Å². The first-order valence-corrected chi connectivity index (χ1v) is 8.70. The van der Waals surface area contributed by atoms with E-state index in [4.69, 9.17) is 4.74 Å². The lowest BCUT2D eigenvalue weighted by Crippen LogP contribution is -2.37. The SMILES string of the molecule is O=C(NCc1cccnc1N1CCOCC1)c1csc(Br)c1. The molecule has 0 spiro atoms. The third-order valence-corrected chi connectivity index (χ3v) is 4.95. The van der Waals surface area contributed by atoms with Crippen molar-refractivity contribution in [1.29, 1.82) is 0 Å². The van der Waals surface area contributed by atoms with Gasteiger partial charge in [0.25, 0.3) is 5.91 Å².